The molecular formula is C33H42F5NO3S. The minimum absolute atomic E-state index is 0.0802. The average molecular weight is 628 g/mol. The lowest BCUT2D eigenvalue weighted by Gasteiger charge is -2.20. The van der Waals surface area contributed by atoms with Gasteiger partial charge in [0, 0.05) is 27.9 Å². The second-order valence-corrected chi connectivity index (χ2v) is 13.0. The van der Waals surface area contributed by atoms with E-state index in [2.05, 4.69) is 11.5 Å². The lowest BCUT2D eigenvalue weighted by atomic mass is 9.89. The summed E-state index contributed by atoms with van der Waals surface area (Å²) in [5.41, 5.74) is 6.05. The number of allylic oxidation sites excluding steroid dienone is 3. The van der Waals surface area contributed by atoms with Crippen molar-refractivity contribution in [1.29, 1.82) is 0 Å². The summed E-state index contributed by atoms with van der Waals surface area (Å²) in [4.78, 5) is 2.03. The average Bonchev–Trinajstić information content (AvgIpc) is 3.12. The monoisotopic (exact) mass is 627 g/mol. The number of aromatic hydroxyl groups is 2. The third-order valence-corrected chi connectivity index (χ3v) is 9.42. The van der Waals surface area contributed by atoms with E-state index in [9.17, 15) is 36.4 Å². The van der Waals surface area contributed by atoms with Gasteiger partial charge in [-0.1, -0.05) is 37.6 Å². The van der Waals surface area contributed by atoms with Crippen LogP contribution in [0.15, 0.2) is 53.9 Å². The summed E-state index contributed by atoms with van der Waals surface area (Å²) in [6.45, 7) is 4.94. The number of fused-ring (bicyclic) bond motifs is 1. The van der Waals surface area contributed by atoms with E-state index in [1.165, 1.54) is 16.7 Å². The van der Waals surface area contributed by atoms with Crippen molar-refractivity contribution in [1.82, 2.24) is 4.90 Å². The molecule has 2 aromatic carbocycles. The van der Waals surface area contributed by atoms with Crippen LogP contribution < -0.4 is 0 Å². The molecule has 0 saturated heterocycles. The first-order chi connectivity index (χ1) is 20.3. The van der Waals surface area contributed by atoms with Crippen LogP contribution in [0.25, 0.3) is 11.1 Å². The van der Waals surface area contributed by atoms with E-state index < -0.39 is 35.7 Å². The summed E-state index contributed by atoms with van der Waals surface area (Å²) in [5, 5.41) is 19.8. The molecule has 10 heteroatoms. The van der Waals surface area contributed by atoms with Crippen LogP contribution in [-0.2, 0) is 17.2 Å². The minimum atomic E-state index is -5.61. The quantitative estimate of drug-likeness (QED) is 0.144. The van der Waals surface area contributed by atoms with E-state index >= 15 is 0 Å². The molecule has 2 aromatic rings. The van der Waals surface area contributed by atoms with Crippen LogP contribution in [0.1, 0.15) is 80.9 Å². The molecule has 3 rings (SSSR count). The number of hydrogen-bond donors (Lipinski definition) is 2. The number of nitrogens with zero attached hydrogens (tertiary/aromatic N) is 1. The number of unbranched alkanes of at least 4 members (excludes halogenated alkanes) is 3. The Bertz CT molecular complexity index is 1270. The van der Waals surface area contributed by atoms with Crippen molar-refractivity contribution in [3.8, 4) is 11.5 Å². The van der Waals surface area contributed by atoms with Gasteiger partial charge in [-0.3, -0.25) is 4.21 Å². The summed E-state index contributed by atoms with van der Waals surface area (Å²) in [6.07, 6.45) is 0.635. The van der Waals surface area contributed by atoms with Crippen LogP contribution in [0, 0.1) is 0 Å². The molecule has 0 fully saturated rings. The van der Waals surface area contributed by atoms with Gasteiger partial charge in [-0.2, -0.15) is 22.0 Å². The maximum absolute atomic E-state index is 13.1. The molecular weight excluding hydrogens is 585 g/mol. The van der Waals surface area contributed by atoms with Gasteiger partial charge in [-0.15, -0.1) is 0 Å². The van der Waals surface area contributed by atoms with E-state index in [0.29, 0.717) is 13.0 Å². The summed E-state index contributed by atoms with van der Waals surface area (Å²) in [7, 11) is 0.308. The predicted octanol–water partition coefficient (Wildman–Crippen LogP) is 8.86. The molecule has 0 bridgehead atoms. The van der Waals surface area contributed by atoms with Crippen LogP contribution >= 0.6 is 0 Å². The van der Waals surface area contributed by atoms with Crippen molar-refractivity contribution in [3.05, 3.63) is 70.6 Å². The van der Waals surface area contributed by atoms with E-state index in [4.69, 9.17) is 0 Å². The highest BCUT2D eigenvalue weighted by Crippen LogP contribution is 2.41. The number of hydrogen-bond acceptors (Lipinski definition) is 4. The molecule has 4 nitrogen and oxygen atoms in total. The number of phenolic OH excluding ortho intramolecular Hbond substituents is 2. The van der Waals surface area contributed by atoms with Gasteiger partial charge < -0.3 is 15.1 Å². The van der Waals surface area contributed by atoms with Gasteiger partial charge in [0.15, 0.2) is 0 Å². The van der Waals surface area contributed by atoms with Gasteiger partial charge in [0.2, 0.25) is 0 Å². The first-order valence-electron chi connectivity index (χ1n) is 14.8. The lowest BCUT2D eigenvalue weighted by Crippen LogP contribution is -2.36. The smallest absolute Gasteiger partial charge is 0.453 e. The number of phenols is 2. The van der Waals surface area contributed by atoms with Crippen molar-refractivity contribution in [2.24, 2.45) is 0 Å². The van der Waals surface area contributed by atoms with Crippen molar-refractivity contribution >= 4 is 21.9 Å². The van der Waals surface area contributed by atoms with Crippen molar-refractivity contribution in [2.75, 3.05) is 25.9 Å². The van der Waals surface area contributed by atoms with E-state index in [-0.39, 0.29) is 22.2 Å². The topological polar surface area (TPSA) is 60.8 Å². The highest BCUT2D eigenvalue weighted by molar-refractivity contribution is 7.88. The van der Waals surface area contributed by atoms with Crippen molar-refractivity contribution in [3.63, 3.8) is 0 Å². The Morgan fingerprint density at radius 2 is 1.56 bits per heavy atom. The molecule has 0 saturated carbocycles. The third-order valence-electron chi connectivity index (χ3n) is 7.91. The minimum Gasteiger partial charge on any atom is -0.508 e. The molecule has 1 aliphatic carbocycles. The van der Waals surface area contributed by atoms with Crippen LogP contribution in [-0.4, -0.2) is 57.3 Å². The maximum atomic E-state index is 13.1. The Kier molecular flexibility index (Phi) is 12.8. The fourth-order valence-corrected chi connectivity index (χ4v) is 6.44. The molecule has 0 aromatic heterocycles. The number of rotatable bonds is 16. The van der Waals surface area contributed by atoms with Crippen molar-refractivity contribution in [2.45, 2.75) is 82.7 Å². The zero-order chi connectivity index (χ0) is 31.6. The van der Waals surface area contributed by atoms with Crippen LogP contribution in [0.2, 0.25) is 0 Å². The van der Waals surface area contributed by atoms with Gasteiger partial charge in [-0.25, -0.2) is 0 Å². The first kappa shape index (κ1) is 34.8. The van der Waals surface area contributed by atoms with Gasteiger partial charge in [-0.05, 0) is 124 Å². The van der Waals surface area contributed by atoms with E-state index in [1.54, 1.807) is 18.2 Å². The van der Waals surface area contributed by atoms with Gasteiger partial charge >= 0.3 is 12.1 Å². The molecule has 0 radical (unpaired) electrons. The fourth-order valence-electron chi connectivity index (χ4n) is 5.43. The number of halogens is 5. The van der Waals surface area contributed by atoms with Gasteiger partial charge in [0.25, 0.3) is 0 Å². The Labute approximate surface area is 253 Å². The molecule has 238 valence electrons. The Morgan fingerprint density at radius 1 is 0.907 bits per heavy atom. The highest BCUT2D eigenvalue weighted by Gasteiger charge is 2.56. The van der Waals surface area contributed by atoms with Crippen LogP contribution in [0.5, 0.6) is 11.5 Å². The molecule has 0 aliphatic heterocycles. The molecule has 0 heterocycles. The Balaban J connectivity index is 1.42. The second kappa shape index (κ2) is 15.8. The third kappa shape index (κ3) is 10.4. The standard InChI is InChI=1S/C33H42F5NO3S/c1-24(18-19-32(34,35)33(36,37)38)43(42)22-8-21-39(2)20-6-4-3-5-10-31-29(25-12-14-27(40)15-13-25)11-7-9-26-23-28(41)16-17-30(26)31/h12-17,23,40-41H,1,3-11,18-22H2,2H3. The molecule has 1 unspecified atom stereocenters. The largest absolute Gasteiger partial charge is 0.508 e. The zero-order valence-electron chi connectivity index (χ0n) is 24.7. The lowest BCUT2D eigenvalue weighted by molar-refractivity contribution is -0.283. The normalized spacial score (nSPS) is 15.0. The molecule has 0 spiro atoms. The number of aryl methyl sites for hydroxylation is 1. The first-order valence-corrected chi connectivity index (χ1v) is 16.1. The fraction of sp³-hybridized carbons (Fsp3) is 0.515. The van der Waals surface area contributed by atoms with Crippen LogP contribution in [0.4, 0.5) is 22.0 Å². The molecule has 0 amide bonds. The second-order valence-electron chi connectivity index (χ2n) is 11.3. The number of benzene rings is 2. The molecule has 2 N–H and O–H groups in total. The van der Waals surface area contributed by atoms with Gasteiger partial charge in [0.05, 0.1) is 0 Å². The summed E-state index contributed by atoms with van der Waals surface area (Å²) in [5.74, 6) is -4.12. The van der Waals surface area contributed by atoms with E-state index in [1.807, 2.05) is 31.3 Å². The van der Waals surface area contributed by atoms with E-state index in [0.717, 1.165) is 69.0 Å². The zero-order valence-corrected chi connectivity index (χ0v) is 25.5. The summed E-state index contributed by atoms with van der Waals surface area (Å²) < 4.78 is 75.4. The summed E-state index contributed by atoms with van der Waals surface area (Å²) in [6, 6.07) is 13.0. The molecule has 43 heavy (non-hydrogen) atoms. The molecule has 1 aliphatic rings. The summed E-state index contributed by atoms with van der Waals surface area (Å²) >= 11 is 0. The predicted molar refractivity (Wildman–Crippen MR) is 164 cm³/mol. The van der Waals surface area contributed by atoms with Gasteiger partial charge in [0.1, 0.15) is 11.5 Å². The maximum Gasteiger partial charge on any atom is 0.453 e. The van der Waals surface area contributed by atoms with Crippen molar-refractivity contribution < 1.29 is 36.4 Å². The SMILES string of the molecule is C=C(CCC(F)(F)C(F)(F)F)S(=O)CCCN(C)CCCCCCC1=C(c2ccc(O)cc2)CCCc2cc(O)ccc21. The Hall–Kier alpha value is -2.72. The molecule has 1 atom stereocenters. The highest BCUT2D eigenvalue weighted by atomic mass is 32.2. The Morgan fingerprint density at radius 3 is 2.26 bits per heavy atom. The number of alkyl halides is 5. The van der Waals surface area contributed by atoms with Crippen LogP contribution in [0.3, 0.4) is 0 Å².